The second-order valence-electron chi connectivity index (χ2n) is 6.92. The summed E-state index contributed by atoms with van der Waals surface area (Å²) in [4.78, 5) is 20.2. The monoisotopic (exact) mass is 408 g/mol. The second kappa shape index (κ2) is 8.69. The SMILES string of the molecule is COc1ccc(C)cc1NC(=O)CN1CCN(c2ccc(C(F)(F)F)cn2)CC1. The van der Waals surface area contributed by atoms with Gasteiger partial charge in [0.05, 0.1) is 24.9 Å². The lowest BCUT2D eigenvalue weighted by Gasteiger charge is -2.35. The molecule has 1 aliphatic heterocycles. The van der Waals surface area contributed by atoms with Crippen molar-refractivity contribution in [1.29, 1.82) is 0 Å². The van der Waals surface area contributed by atoms with Crippen molar-refractivity contribution in [3.8, 4) is 5.75 Å². The van der Waals surface area contributed by atoms with E-state index < -0.39 is 11.7 Å². The topological polar surface area (TPSA) is 57.7 Å². The Kier molecular flexibility index (Phi) is 6.26. The molecule has 29 heavy (non-hydrogen) atoms. The summed E-state index contributed by atoms with van der Waals surface area (Å²) in [7, 11) is 1.55. The van der Waals surface area contributed by atoms with Crippen LogP contribution in [0.1, 0.15) is 11.1 Å². The first-order chi connectivity index (χ1) is 13.8. The number of hydrogen-bond acceptors (Lipinski definition) is 5. The average Bonchev–Trinajstić information content (AvgIpc) is 2.68. The minimum absolute atomic E-state index is 0.144. The highest BCUT2D eigenvalue weighted by Crippen LogP contribution is 2.29. The van der Waals surface area contributed by atoms with Crippen molar-refractivity contribution in [2.45, 2.75) is 13.1 Å². The summed E-state index contributed by atoms with van der Waals surface area (Å²) in [5, 5.41) is 2.87. The van der Waals surface area contributed by atoms with E-state index in [1.807, 2.05) is 28.9 Å². The number of rotatable bonds is 5. The Morgan fingerprint density at radius 3 is 2.48 bits per heavy atom. The van der Waals surface area contributed by atoms with Crippen LogP contribution in [-0.4, -0.2) is 55.6 Å². The van der Waals surface area contributed by atoms with Crippen molar-refractivity contribution >= 4 is 17.4 Å². The van der Waals surface area contributed by atoms with Gasteiger partial charge in [-0.3, -0.25) is 9.69 Å². The smallest absolute Gasteiger partial charge is 0.417 e. The number of pyridine rings is 1. The molecule has 2 aromatic rings. The summed E-state index contributed by atoms with van der Waals surface area (Å²) >= 11 is 0. The molecular formula is C20H23F3N4O2. The van der Waals surface area contributed by atoms with Gasteiger partial charge >= 0.3 is 6.18 Å². The van der Waals surface area contributed by atoms with Gasteiger partial charge < -0.3 is 15.0 Å². The largest absolute Gasteiger partial charge is 0.495 e. The van der Waals surface area contributed by atoms with Gasteiger partial charge in [-0.05, 0) is 36.8 Å². The van der Waals surface area contributed by atoms with Gasteiger partial charge in [0.1, 0.15) is 11.6 Å². The van der Waals surface area contributed by atoms with Crippen LogP contribution in [0.25, 0.3) is 0 Å². The summed E-state index contributed by atoms with van der Waals surface area (Å²) in [5.74, 6) is 0.962. The Labute approximate surface area is 167 Å². The fourth-order valence-corrected chi connectivity index (χ4v) is 3.19. The molecule has 1 N–H and O–H groups in total. The Bertz CT molecular complexity index is 848. The lowest BCUT2D eigenvalue weighted by Crippen LogP contribution is -2.49. The number of aromatic nitrogens is 1. The van der Waals surface area contributed by atoms with Crippen molar-refractivity contribution in [1.82, 2.24) is 9.88 Å². The van der Waals surface area contributed by atoms with Crippen LogP contribution >= 0.6 is 0 Å². The number of aryl methyl sites for hydroxylation is 1. The normalized spacial score (nSPS) is 15.3. The van der Waals surface area contributed by atoms with Crippen LogP contribution in [0.2, 0.25) is 0 Å². The standard InChI is InChI=1S/C20H23F3N4O2/c1-14-3-5-17(29-2)16(11-14)25-19(28)13-26-7-9-27(10-8-26)18-6-4-15(12-24-18)20(21,22)23/h3-6,11-12H,7-10,13H2,1-2H3,(H,25,28). The first-order valence-electron chi connectivity index (χ1n) is 9.21. The van der Waals surface area contributed by atoms with E-state index in [2.05, 4.69) is 10.3 Å². The second-order valence-corrected chi connectivity index (χ2v) is 6.92. The highest BCUT2D eigenvalue weighted by atomic mass is 19.4. The zero-order chi connectivity index (χ0) is 21.0. The number of nitrogens with one attached hydrogen (secondary N) is 1. The van der Waals surface area contributed by atoms with Gasteiger partial charge in [0.25, 0.3) is 0 Å². The molecule has 1 aliphatic rings. The van der Waals surface area contributed by atoms with Crippen molar-refractivity contribution in [2.75, 3.05) is 50.1 Å². The predicted octanol–water partition coefficient (Wildman–Crippen LogP) is 3.18. The van der Waals surface area contributed by atoms with E-state index in [1.54, 1.807) is 13.2 Å². The van der Waals surface area contributed by atoms with Gasteiger partial charge in [-0.15, -0.1) is 0 Å². The molecule has 156 valence electrons. The fourth-order valence-electron chi connectivity index (χ4n) is 3.19. The van der Waals surface area contributed by atoms with Crippen LogP contribution in [0.15, 0.2) is 36.5 Å². The van der Waals surface area contributed by atoms with Gasteiger partial charge in [-0.25, -0.2) is 4.98 Å². The Morgan fingerprint density at radius 1 is 1.17 bits per heavy atom. The first kappa shape index (κ1) is 20.9. The molecule has 0 bridgehead atoms. The number of carbonyl (C=O) groups is 1. The third-order valence-electron chi connectivity index (χ3n) is 4.77. The zero-order valence-corrected chi connectivity index (χ0v) is 16.3. The number of benzene rings is 1. The summed E-state index contributed by atoms with van der Waals surface area (Å²) in [6, 6.07) is 7.99. The molecule has 0 radical (unpaired) electrons. The van der Waals surface area contributed by atoms with Crippen LogP contribution in [-0.2, 0) is 11.0 Å². The van der Waals surface area contributed by atoms with E-state index >= 15 is 0 Å². The zero-order valence-electron chi connectivity index (χ0n) is 16.3. The Hall–Kier alpha value is -2.81. The molecule has 9 heteroatoms. The number of nitrogens with zero attached hydrogens (tertiary/aromatic N) is 3. The third-order valence-corrected chi connectivity index (χ3v) is 4.77. The molecule has 0 saturated carbocycles. The summed E-state index contributed by atoms with van der Waals surface area (Å²) < 4.78 is 43.2. The highest BCUT2D eigenvalue weighted by molar-refractivity contribution is 5.93. The molecule has 0 atom stereocenters. The van der Waals surface area contributed by atoms with Crippen molar-refractivity contribution in [2.24, 2.45) is 0 Å². The van der Waals surface area contributed by atoms with Crippen molar-refractivity contribution < 1.29 is 22.7 Å². The van der Waals surface area contributed by atoms with E-state index in [-0.39, 0.29) is 12.5 Å². The lowest BCUT2D eigenvalue weighted by atomic mass is 10.2. The molecule has 1 saturated heterocycles. The molecule has 1 aromatic carbocycles. The molecule has 0 aliphatic carbocycles. The molecule has 0 spiro atoms. The fraction of sp³-hybridized carbons (Fsp3) is 0.400. The molecule has 3 rings (SSSR count). The quantitative estimate of drug-likeness (QED) is 0.824. The number of piperazine rings is 1. The molecular weight excluding hydrogens is 385 g/mol. The summed E-state index contributed by atoms with van der Waals surface area (Å²) in [6.07, 6.45) is -3.54. The maximum absolute atomic E-state index is 12.7. The molecule has 1 aromatic heterocycles. The molecule has 0 unspecified atom stereocenters. The lowest BCUT2D eigenvalue weighted by molar-refractivity contribution is -0.137. The first-order valence-corrected chi connectivity index (χ1v) is 9.21. The number of carbonyl (C=O) groups excluding carboxylic acids is 1. The molecule has 6 nitrogen and oxygen atoms in total. The van der Waals surface area contributed by atoms with E-state index in [9.17, 15) is 18.0 Å². The van der Waals surface area contributed by atoms with Gasteiger partial charge in [0.15, 0.2) is 0 Å². The number of anilines is 2. The highest BCUT2D eigenvalue weighted by Gasteiger charge is 2.31. The van der Waals surface area contributed by atoms with E-state index in [0.717, 1.165) is 17.8 Å². The van der Waals surface area contributed by atoms with Gasteiger partial charge in [0.2, 0.25) is 5.91 Å². The summed E-state index contributed by atoms with van der Waals surface area (Å²) in [5.41, 5.74) is 0.881. The van der Waals surface area contributed by atoms with Crippen molar-refractivity contribution in [3.63, 3.8) is 0 Å². The van der Waals surface area contributed by atoms with Gasteiger partial charge in [-0.1, -0.05) is 6.07 Å². The number of methoxy groups -OCH3 is 1. The molecule has 1 fully saturated rings. The Morgan fingerprint density at radius 2 is 1.90 bits per heavy atom. The van der Waals surface area contributed by atoms with Crippen LogP contribution in [0.4, 0.5) is 24.7 Å². The molecule has 2 heterocycles. The van der Waals surface area contributed by atoms with Crippen LogP contribution < -0.4 is 15.0 Å². The van der Waals surface area contributed by atoms with Crippen LogP contribution in [0.5, 0.6) is 5.75 Å². The number of alkyl halides is 3. The van der Waals surface area contributed by atoms with Crippen LogP contribution in [0, 0.1) is 6.92 Å². The maximum Gasteiger partial charge on any atom is 0.417 e. The van der Waals surface area contributed by atoms with Gasteiger partial charge in [0, 0.05) is 32.4 Å². The molecule has 1 amide bonds. The minimum Gasteiger partial charge on any atom is -0.495 e. The average molecular weight is 408 g/mol. The van der Waals surface area contributed by atoms with Crippen molar-refractivity contribution in [3.05, 3.63) is 47.7 Å². The maximum atomic E-state index is 12.7. The Balaban J connectivity index is 1.52. The number of hydrogen-bond donors (Lipinski definition) is 1. The number of halogens is 3. The van der Waals surface area contributed by atoms with Gasteiger partial charge in [-0.2, -0.15) is 13.2 Å². The number of amides is 1. The van der Waals surface area contributed by atoms with Crippen LogP contribution in [0.3, 0.4) is 0 Å². The minimum atomic E-state index is -4.39. The summed E-state index contributed by atoms with van der Waals surface area (Å²) in [6.45, 7) is 4.55. The van der Waals surface area contributed by atoms with E-state index in [1.165, 1.54) is 6.07 Å². The third kappa shape index (κ3) is 5.38. The predicted molar refractivity (Wildman–Crippen MR) is 104 cm³/mol. The van der Waals surface area contributed by atoms with E-state index in [0.29, 0.717) is 43.4 Å². The number of ether oxygens (including phenoxy) is 1. The van der Waals surface area contributed by atoms with E-state index in [4.69, 9.17) is 4.74 Å².